The standard InChI is InChI=1S/C14H22BrNO3/c1-4-16-10(2)13-7-11(15)5-6-14(13)19-9-12(17)8-18-3/h5-7,10,12,16-17H,4,8-9H2,1-3H3. The van der Waals surface area contributed by atoms with Crippen LogP contribution in [0.5, 0.6) is 5.75 Å². The van der Waals surface area contributed by atoms with E-state index in [9.17, 15) is 5.11 Å². The Morgan fingerprint density at radius 1 is 1.37 bits per heavy atom. The zero-order valence-electron chi connectivity index (χ0n) is 11.6. The average molecular weight is 332 g/mol. The third kappa shape index (κ3) is 5.48. The van der Waals surface area contributed by atoms with Crippen LogP contribution in [0.4, 0.5) is 0 Å². The Balaban J connectivity index is 2.76. The Hall–Kier alpha value is -0.620. The van der Waals surface area contributed by atoms with Gasteiger partial charge in [-0.15, -0.1) is 0 Å². The number of hydrogen-bond donors (Lipinski definition) is 2. The molecule has 5 heteroatoms. The van der Waals surface area contributed by atoms with Crippen LogP contribution in [-0.2, 0) is 4.74 Å². The highest BCUT2D eigenvalue weighted by Gasteiger charge is 2.13. The lowest BCUT2D eigenvalue weighted by atomic mass is 10.1. The first-order chi connectivity index (χ1) is 9.08. The molecule has 0 spiro atoms. The third-order valence-electron chi connectivity index (χ3n) is 2.74. The lowest BCUT2D eigenvalue weighted by molar-refractivity contribution is 0.0322. The second kappa shape index (κ2) is 8.53. The summed E-state index contributed by atoms with van der Waals surface area (Å²) in [6.45, 7) is 5.54. The van der Waals surface area contributed by atoms with Crippen LogP contribution in [-0.4, -0.2) is 38.1 Å². The van der Waals surface area contributed by atoms with Crippen molar-refractivity contribution in [2.75, 3.05) is 26.9 Å². The van der Waals surface area contributed by atoms with Crippen molar-refractivity contribution < 1.29 is 14.6 Å². The minimum Gasteiger partial charge on any atom is -0.490 e. The molecule has 4 nitrogen and oxygen atoms in total. The monoisotopic (exact) mass is 331 g/mol. The quantitative estimate of drug-likeness (QED) is 0.768. The number of methoxy groups -OCH3 is 1. The van der Waals surface area contributed by atoms with Gasteiger partial charge in [0.1, 0.15) is 18.5 Å². The lowest BCUT2D eigenvalue weighted by Crippen LogP contribution is -2.24. The summed E-state index contributed by atoms with van der Waals surface area (Å²) in [5.41, 5.74) is 1.07. The van der Waals surface area contributed by atoms with Crippen LogP contribution in [0.1, 0.15) is 25.5 Å². The number of benzene rings is 1. The highest BCUT2D eigenvalue weighted by atomic mass is 79.9. The number of ether oxygens (including phenoxy) is 2. The van der Waals surface area contributed by atoms with Gasteiger partial charge < -0.3 is 19.9 Å². The molecule has 0 aliphatic rings. The summed E-state index contributed by atoms with van der Waals surface area (Å²) in [6.07, 6.45) is -0.615. The van der Waals surface area contributed by atoms with Gasteiger partial charge in [0, 0.05) is 23.2 Å². The zero-order valence-corrected chi connectivity index (χ0v) is 13.2. The number of rotatable bonds is 8. The molecule has 1 aromatic rings. The van der Waals surface area contributed by atoms with Crippen molar-refractivity contribution in [3.63, 3.8) is 0 Å². The van der Waals surface area contributed by atoms with Crippen LogP contribution in [0, 0.1) is 0 Å². The van der Waals surface area contributed by atoms with E-state index in [2.05, 4.69) is 35.1 Å². The van der Waals surface area contributed by atoms with Gasteiger partial charge in [-0.2, -0.15) is 0 Å². The highest BCUT2D eigenvalue weighted by molar-refractivity contribution is 9.10. The van der Waals surface area contributed by atoms with Crippen molar-refractivity contribution in [2.45, 2.75) is 26.0 Å². The molecule has 0 fully saturated rings. The molecule has 2 atom stereocenters. The second-order valence-electron chi connectivity index (χ2n) is 4.38. The predicted molar refractivity (Wildman–Crippen MR) is 79.6 cm³/mol. The van der Waals surface area contributed by atoms with Crippen molar-refractivity contribution >= 4 is 15.9 Å². The minimum absolute atomic E-state index is 0.192. The first kappa shape index (κ1) is 16.4. The fourth-order valence-electron chi connectivity index (χ4n) is 1.83. The number of hydrogen-bond acceptors (Lipinski definition) is 4. The highest BCUT2D eigenvalue weighted by Crippen LogP contribution is 2.28. The molecule has 0 bridgehead atoms. The van der Waals surface area contributed by atoms with E-state index >= 15 is 0 Å². The van der Waals surface area contributed by atoms with Crippen LogP contribution in [0.3, 0.4) is 0 Å². The van der Waals surface area contributed by atoms with Crippen LogP contribution < -0.4 is 10.1 Å². The lowest BCUT2D eigenvalue weighted by Gasteiger charge is -2.19. The van der Waals surface area contributed by atoms with Crippen molar-refractivity contribution in [1.29, 1.82) is 0 Å². The molecular formula is C14H22BrNO3. The Morgan fingerprint density at radius 3 is 2.74 bits per heavy atom. The van der Waals surface area contributed by atoms with E-state index in [1.54, 1.807) is 7.11 Å². The van der Waals surface area contributed by atoms with Gasteiger partial charge in [-0.3, -0.25) is 0 Å². The maximum Gasteiger partial charge on any atom is 0.124 e. The molecule has 1 aromatic carbocycles. The summed E-state index contributed by atoms with van der Waals surface area (Å²) in [7, 11) is 1.56. The average Bonchev–Trinajstić information content (AvgIpc) is 2.38. The molecule has 0 radical (unpaired) electrons. The van der Waals surface area contributed by atoms with Crippen LogP contribution in [0.25, 0.3) is 0 Å². The van der Waals surface area contributed by atoms with Crippen molar-refractivity contribution in [3.8, 4) is 5.75 Å². The summed E-state index contributed by atoms with van der Waals surface area (Å²) in [5, 5.41) is 13.0. The van der Waals surface area contributed by atoms with E-state index in [4.69, 9.17) is 9.47 Å². The summed E-state index contributed by atoms with van der Waals surface area (Å²) < 4.78 is 11.6. The van der Waals surface area contributed by atoms with Gasteiger partial charge in [0.05, 0.1) is 6.61 Å². The van der Waals surface area contributed by atoms with E-state index in [1.807, 2.05) is 18.2 Å². The summed E-state index contributed by atoms with van der Waals surface area (Å²) in [5.74, 6) is 0.784. The van der Waals surface area contributed by atoms with Gasteiger partial charge in [-0.1, -0.05) is 22.9 Å². The topological polar surface area (TPSA) is 50.7 Å². The first-order valence-electron chi connectivity index (χ1n) is 6.41. The van der Waals surface area contributed by atoms with Gasteiger partial charge in [0.15, 0.2) is 0 Å². The molecule has 0 aromatic heterocycles. The molecule has 0 saturated heterocycles. The first-order valence-corrected chi connectivity index (χ1v) is 7.20. The van der Waals surface area contributed by atoms with Crippen LogP contribution >= 0.6 is 15.9 Å². The smallest absolute Gasteiger partial charge is 0.124 e. The van der Waals surface area contributed by atoms with Gasteiger partial charge in [0.2, 0.25) is 0 Å². The fourth-order valence-corrected chi connectivity index (χ4v) is 2.21. The van der Waals surface area contributed by atoms with E-state index in [0.29, 0.717) is 0 Å². The van der Waals surface area contributed by atoms with E-state index in [-0.39, 0.29) is 19.3 Å². The molecule has 0 amide bonds. The molecular weight excluding hydrogens is 310 g/mol. The third-order valence-corrected chi connectivity index (χ3v) is 3.23. The number of nitrogens with one attached hydrogen (secondary N) is 1. The normalized spacial score (nSPS) is 14.2. The van der Waals surface area contributed by atoms with Gasteiger partial charge in [-0.05, 0) is 31.7 Å². The fraction of sp³-hybridized carbons (Fsp3) is 0.571. The van der Waals surface area contributed by atoms with Crippen LogP contribution in [0.15, 0.2) is 22.7 Å². The number of halogens is 1. The Morgan fingerprint density at radius 2 is 2.11 bits per heavy atom. The summed E-state index contributed by atoms with van der Waals surface area (Å²) in [4.78, 5) is 0. The maximum absolute atomic E-state index is 9.62. The zero-order chi connectivity index (χ0) is 14.3. The van der Waals surface area contributed by atoms with Gasteiger partial charge >= 0.3 is 0 Å². The van der Waals surface area contributed by atoms with Crippen molar-refractivity contribution in [1.82, 2.24) is 5.32 Å². The largest absolute Gasteiger partial charge is 0.490 e. The van der Waals surface area contributed by atoms with Crippen molar-refractivity contribution in [2.24, 2.45) is 0 Å². The molecule has 108 valence electrons. The SMILES string of the molecule is CCNC(C)c1cc(Br)ccc1OCC(O)COC. The molecule has 1 rings (SSSR count). The Kier molecular flexibility index (Phi) is 7.38. The predicted octanol–water partition coefficient (Wildman–Crippen LogP) is 2.51. The maximum atomic E-state index is 9.62. The minimum atomic E-state index is -0.615. The second-order valence-corrected chi connectivity index (χ2v) is 5.30. The van der Waals surface area contributed by atoms with E-state index < -0.39 is 6.10 Å². The van der Waals surface area contributed by atoms with Gasteiger partial charge in [-0.25, -0.2) is 0 Å². The molecule has 2 unspecified atom stereocenters. The Bertz CT molecular complexity index is 387. The summed E-state index contributed by atoms with van der Waals surface area (Å²) in [6, 6.07) is 6.07. The van der Waals surface area contributed by atoms with Crippen molar-refractivity contribution in [3.05, 3.63) is 28.2 Å². The van der Waals surface area contributed by atoms with Crippen LogP contribution in [0.2, 0.25) is 0 Å². The molecule has 0 heterocycles. The molecule has 0 aliphatic heterocycles. The molecule has 0 aliphatic carbocycles. The Labute approximate surface area is 123 Å². The number of aliphatic hydroxyl groups excluding tert-OH is 1. The molecule has 0 saturated carbocycles. The van der Waals surface area contributed by atoms with E-state index in [0.717, 1.165) is 22.3 Å². The molecule has 19 heavy (non-hydrogen) atoms. The number of aliphatic hydroxyl groups is 1. The van der Waals surface area contributed by atoms with E-state index in [1.165, 1.54) is 0 Å². The molecule has 2 N–H and O–H groups in total. The summed E-state index contributed by atoms with van der Waals surface area (Å²) >= 11 is 3.47. The van der Waals surface area contributed by atoms with Gasteiger partial charge in [0.25, 0.3) is 0 Å².